The van der Waals surface area contributed by atoms with Gasteiger partial charge in [-0.25, -0.2) is 4.68 Å². The molecule has 5 rings (SSSR count). The first-order chi connectivity index (χ1) is 17.4. The summed E-state index contributed by atoms with van der Waals surface area (Å²) in [5, 5.41) is 14.1. The Bertz CT molecular complexity index is 1400. The summed E-state index contributed by atoms with van der Waals surface area (Å²) in [4.78, 5) is 18.8. The molecular formula is C29H36N6O. The van der Waals surface area contributed by atoms with Crippen LogP contribution in [0, 0.1) is 20.8 Å². The number of benzene rings is 2. The number of nitrogens with zero attached hydrogens (tertiary/aromatic N) is 5. The van der Waals surface area contributed by atoms with Crippen molar-refractivity contribution in [1.82, 2.24) is 30.1 Å². The van der Waals surface area contributed by atoms with E-state index >= 15 is 0 Å². The van der Waals surface area contributed by atoms with Gasteiger partial charge in [-0.15, -0.1) is 5.10 Å². The van der Waals surface area contributed by atoms with Crippen LogP contribution >= 0.6 is 0 Å². The molecule has 1 saturated carbocycles. The van der Waals surface area contributed by atoms with Crippen LogP contribution in [0.4, 0.5) is 0 Å². The average molecular weight is 485 g/mol. The van der Waals surface area contributed by atoms with E-state index in [2.05, 4.69) is 93.3 Å². The fraction of sp³-hybridized carbons (Fsp3) is 0.448. The van der Waals surface area contributed by atoms with E-state index in [-0.39, 0.29) is 11.6 Å². The Balaban J connectivity index is 1.55. The van der Waals surface area contributed by atoms with Gasteiger partial charge < -0.3 is 4.98 Å². The molecule has 1 aliphatic rings. The van der Waals surface area contributed by atoms with Gasteiger partial charge in [-0.2, -0.15) is 0 Å². The van der Waals surface area contributed by atoms with E-state index in [4.69, 9.17) is 0 Å². The molecule has 0 saturated heterocycles. The van der Waals surface area contributed by atoms with Crippen LogP contribution in [0.25, 0.3) is 10.9 Å². The number of aromatic amines is 1. The first-order valence-corrected chi connectivity index (χ1v) is 13.1. The molecule has 0 radical (unpaired) electrons. The fourth-order valence-corrected chi connectivity index (χ4v) is 5.59. The van der Waals surface area contributed by atoms with Gasteiger partial charge in [0.15, 0.2) is 5.82 Å². The predicted molar refractivity (Wildman–Crippen MR) is 143 cm³/mol. The highest BCUT2D eigenvalue weighted by molar-refractivity contribution is 5.85. The Labute approximate surface area is 212 Å². The molecule has 1 atom stereocenters. The molecule has 188 valence electrons. The van der Waals surface area contributed by atoms with Crippen LogP contribution in [-0.4, -0.2) is 30.1 Å². The Hall–Kier alpha value is -3.32. The van der Waals surface area contributed by atoms with Gasteiger partial charge in [-0.3, -0.25) is 9.69 Å². The fourth-order valence-electron chi connectivity index (χ4n) is 5.59. The van der Waals surface area contributed by atoms with Gasteiger partial charge >= 0.3 is 0 Å². The van der Waals surface area contributed by atoms with Crippen molar-refractivity contribution in [1.29, 1.82) is 0 Å². The molecule has 36 heavy (non-hydrogen) atoms. The Morgan fingerprint density at radius 3 is 2.47 bits per heavy atom. The third-order valence-corrected chi connectivity index (χ3v) is 7.71. The third kappa shape index (κ3) is 4.85. The molecule has 2 heterocycles. The van der Waals surface area contributed by atoms with Crippen LogP contribution in [0.5, 0.6) is 0 Å². The standard InChI is InChI=1S/C29H36N6O/c1-5-26(28-31-32-33-35(28)24-8-6-7-9-24)34(17-22-14-10-19(2)11-15-22)18-23-16-25-20(3)12-13-21(4)27(25)30-29(23)36/h10-16,24,26H,5-9,17-18H2,1-4H3,(H,30,36)/t26-/m1/s1. The second-order valence-corrected chi connectivity index (χ2v) is 10.3. The molecule has 0 spiro atoms. The van der Waals surface area contributed by atoms with Crippen molar-refractivity contribution in [3.8, 4) is 0 Å². The van der Waals surface area contributed by atoms with Gasteiger partial charge in [0, 0.05) is 24.0 Å². The highest BCUT2D eigenvalue weighted by atomic mass is 16.1. The maximum absolute atomic E-state index is 13.3. The molecule has 2 aromatic carbocycles. The quantitative estimate of drug-likeness (QED) is 0.347. The van der Waals surface area contributed by atoms with Crippen molar-refractivity contribution >= 4 is 10.9 Å². The SMILES string of the molecule is CC[C@H](c1nnnn1C1CCCC1)N(Cc1ccc(C)cc1)Cc1cc2c(C)ccc(C)c2[nH]c1=O. The molecule has 2 aromatic heterocycles. The van der Waals surface area contributed by atoms with Crippen LogP contribution in [0.3, 0.4) is 0 Å². The normalized spacial score (nSPS) is 15.2. The summed E-state index contributed by atoms with van der Waals surface area (Å²) in [6, 6.07) is 15.3. The predicted octanol–water partition coefficient (Wildman–Crippen LogP) is 5.71. The first kappa shape index (κ1) is 24.4. The molecule has 1 aliphatic carbocycles. The zero-order chi connectivity index (χ0) is 25.2. The lowest BCUT2D eigenvalue weighted by Gasteiger charge is -2.31. The smallest absolute Gasteiger partial charge is 0.252 e. The van der Waals surface area contributed by atoms with Crippen LogP contribution in [-0.2, 0) is 13.1 Å². The molecule has 7 nitrogen and oxygen atoms in total. The number of hydrogen-bond donors (Lipinski definition) is 1. The van der Waals surface area contributed by atoms with Crippen LogP contribution in [0.2, 0.25) is 0 Å². The molecule has 0 bridgehead atoms. The van der Waals surface area contributed by atoms with Crippen molar-refractivity contribution in [3.63, 3.8) is 0 Å². The third-order valence-electron chi connectivity index (χ3n) is 7.71. The highest BCUT2D eigenvalue weighted by Crippen LogP contribution is 2.33. The Morgan fingerprint density at radius 2 is 1.75 bits per heavy atom. The minimum absolute atomic E-state index is 0.00407. The van der Waals surface area contributed by atoms with E-state index in [1.807, 2.05) is 6.92 Å². The summed E-state index contributed by atoms with van der Waals surface area (Å²) in [7, 11) is 0. The van der Waals surface area contributed by atoms with Crippen molar-refractivity contribution in [2.75, 3.05) is 0 Å². The van der Waals surface area contributed by atoms with E-state index in [0.29, 0.717) is 19.1 Å². The maximum atomic E-state index is 13.3. The summed E-state index contributed by atoms with van der Waals surface area (Å²) in [6.45, 7) is 9.64. The van der Waals surface area contributed by atoms with Gasteiger partial charge in [-0.05, 0) is 73.2 Å². The van der Waals surface area contributed by atoms with Crippen LogP contribution in [0.1, 0.15) is 84.8 Å². The van der Waals surface area contributed by atoms with Crippen molar-refractivity contribution in [2.45, 2.75) is 85.0 Å². The van der Waals surface area contributed by atoms with Crippen LogP contribution < -0.4 is 5.56 Å². The maximum Gasteiger partial charge on any atom is 0.252 e. The Morgan fingerprint density at radius 1 is 1.03 bits per heavy atom. The number of tetrazole rings is 1. The van der Waals surface area contributed by atoms with E-state index in [1.54, 1.807) is 0 Å². The molecule has 7 heteroatoms. The second-order valence-electron chi connectivity index (χ2n) is 10.3. The lowest BCUT2D eigenvalue weighted by Crippen LogP contribution is -2.32. The summed E-state index contributed by atoms with van der Waals surface area (Å²) in [5.74, 6) is 0.903. The minimum atomic E-state index is -0.0321. The van der Waals surface area contributed by atoms with E-state index in [0.717, 1.165) is 52.7 Å². The lowest BCUT2D eigenvalue weighted by atomic mass is 10.0. The van der Waals surface area contributed by atoms with Gasteiger partial charge in [-0.1, -0.05) is 61.7 Å². The number of hydrogen-bond acceptors (Lipinski definition) is 5. The molecule has 0 amide bonds. The van der Waals surface area contributed by atoms with Gasteiger partial charge in [0.2, 0.25) is 0 Å². The summed E-state index contributed by atoms with van der Waals surface area (Å²) >= 11 is 0. The monoisotopic (exact) mass is 484 g/mol. The van der Waals surface area contributed by atoms with E-state index in [1.165, 1.54) is 24.0 Å². The number of rotatable bonds is 8. The average Bonchev–Trinajstić information content (AvgIpc) is 3.57. The number of fused-ring (bicyclic) bond motifs is 1. The molecular weight excluding hydrogens is 448 g/mol. The molecule has 1 fully saturated rings. The van der Waals surface area contributed by atoms with Crippen molar-refractivity contribution in [2.24, 2.45) is 0 Å². The lowest BCUT2D eigenvalue weighted by molar-refractivity contribution is 0.158. The summed E-state index contributed by atoms with van der Waals surface area (Å²) in [5.41, 5.74) is 6.35. The van der Waals surface area contributed by atoms with Gasteiger partial charge in [0.05, 0.1) is 17.6 Å². The number of pyridine rings is 1. The van der Waals surface area contributed by atoms with Crippen LogP contribution in [0.15, 0.2) is 47.3 Å². The summed E-state index contributed by atoms with van der Waals surface area (Å²) < 4.78 is 2.06. The molecule has 1 N–H and O–H groups in total. The van der Waals surface area contributed by atoms with E-state index < -0.39 is 0 Å². The zero-order valence-corrected chi connectivity index (χ0v) is 21.8. The van der Waals surface area contributed by atoms with Gasteiger partial charge in [0.1, 0.15) is 0 Å². The minimum Gasteiger partial charge on any atom is -0.321 e. The number of aromatic nitrogens is 5. The van der Waals surface area contributed by atoms with E-state index in [9.17, 15) is 4.79 Å². The Kier molecular flexibility index (Phi) is 7.01. The van der Waals surface area contributed by atoms with Gasteiger partial charge in [0.25, 0.3) is 5.56 Å². The highest BCUT2D eigenvalue weighted by Gasteiger charge is 2.29. The molecule has 0 aliphatic heterocycles. The number of nitrogens with one attached hydrogen (secondary N) is 1. The zero-order valence-electron chi connectivity index (χ0n) is 21.8. The largest absolute Gasteiger partial charge is 0.321 e. The topological polar surface area (TPSA) is 79.7 Å². The number of H-pyrrole nitrogens is 1. The number of aryl methyl sites for hydroxylation is 3. The molecule has 0 unspecified atom stereocenters. The van der Waals surface area contributed by atoms with Crippen molar-refractivity contribution < 1.29 is 0 Å². The summed E-state index contributed by atoms with van der Waals surface area (Å²) in [6.07, 6.45) is 5.53. The first-order valence-electron chi connectivity index (χ1n) is 13.1. The molecule has 4 aromatic rings. The second kappa shape index (κ2) is 10.3. The van der Waals surface area contributed by atoms with Crippen molar-refractivity contribution in [3.05, 3.63) is 86.5 Å².